The van der Waals surface area contributed by atoms with Gasteiger partial charge in [0.25, 0.3) is 0 Å². The predicted molar refractivity (Wildman–Crippen MR) is 92.2 cm³/mol. The lowest BCUT2D eigenvalue weighted by atomic mass is 9.96. The van der Waals surface area contributed by atoms with E-state index in [4.69, 9.17) is 0 Å². The summed E-state index contributed by atoms with van der Waals surface area (Å²) in [7, 11) is 0. The standard InChI is InChI=1S/C20H18F3N/c1-13-10-11-18(19-9-4-3-8-17(13)19)14(2)24-16-7-5-6-15(12-16)20(21,22)23/h3-12,14,24H,1-2H3/t14-/m1/s1. The number of fused-ring (bicyclic) bond motifs is 1. The van der Waals surface area contributed by atoms with Gasteiger partial charge in [-0.05, 0) is 53.9 Å². The minimum atomic E-state index is -4.34. The number of benzene rings is 3. The third-order valence-electron chi connectivity index (χ3n) is 4.22. The van der Waals surface area contributed by atoms with Crippen molar-refractivity contribution >= 4 is 16.5 Å². The molecule has 24 heavy (non-hydrogen) atoms. The summed E-state index contributed by atoms with van der Waals surface area (Å²) in [4.78, 5) is 0. The fourth-order valence-electron chi connectivity index (χ4n) is 2.96. The van der Waals surface area contributed by atoms with Gasteiger partial charge in [0.05, 0.1) is 5.56 Å². The molecule has 1 N–H and O–H groups in total. The smallest absolute Gasteiger partial charge is 0.378 e. The molecule has 0 saturated heterocycles. The third-order valence-corrected chi connectivity index (χ3v) is 4.22. The first kappa shape index (κ1) is 16.4. The lowest BCUT2D eigenvalue weighted by Crippen LogP contribution is -2.09. The van der Waals surface area contributed by atoms with Crippen LogP contribution < -0.4 is 5.32 Å². The SMILES string of the molecule is Cc1ccc([C@@H](C)Nc2cccc(C(F)(F)F)c2)c2ccccc12. The predicted octanol–water partition coefficient (Wildman–Crippen LogP) is 6.34. The van der Waals surface area contributed by atoms with Gasteiger partial charge in [0.2, 0.25) is 0 Å². The van der Waals surface area contributed by atoms with Crippen molar-refractivity contribution < 1.29 is 13.2 Å². The number of halogens is 3. The van der Waals surface area contributed by atoms with Crippen LogP contribution in [0.15, 0.2) is 60.7 Å². The van der Waals surface area contributed by atoms with Gasteiger partial charge in [-0.15, -0.1) is 0 Å². The molecule has 0 aliphatic rings. The first-order valence-corrected chi connectivity index (χ1v) is 7.78. The Balaban J connectivity index is 1.94. The van der Waals surface area contributed by atoms with E-state index in [1.165, 1.54) is 11.6 Å². The quantitative estimate of drug-likeness (QED) is 0.591. The van der Waals surface area contributed by atoms with Gasteiger partial charge in [0, 0.05) is 11.7 Å². The summed E-state index contributed by atoms with van der Waals surface area (Å²) in [5, 5.41) is 5.46. The molecule has 0 heterocycles. The Bertz CT molecular complexity index is 868. The van der Waals surface area contributed by atoms with Gasteiger partial charge in [-0.3, -0.25) is 0 Å². The molecule has 0 saturated carbocycles. The van der Waals surface area contributed by atoms with Crippen LogP contribution in [0, 0.1) is 6.92 Å². The van der Waals surface area contributed by atoms with Gasteiger partial charge in [0.15, 0.2) is 0 Å². The Hall–Kier alpha value is -2.49. The average molecular weight is 329 g/mol. The molecule has 0 spiro atoms. The van der Waals surface area contributed by atoms with E-state index < -0.39 is 11.7 Å². The zero-order valence-electron chi connectivity index (χ0n) is 13.5. The number of hydrogen-bond acceptors (Lipinski definition) is 1. The van der Waals surface area contributed by atoms with E-state index in [1.807, 2.05) is 37.3 Å². The molecule has 3 aromatic rings. The molecular weight excluding hydrogens is 311 g/mol. The molecular formula is C20H18F3N. The summed E-state index contributed by atoms with van der Waals surface area (Å²) in [5.41, 5.74) is 2.06. The fourth-order valence-corrected chi connectivity index (χ4v) is 2.96. The number of alkyl halides is 3. The minimum absolute atomic E-state index is 0.112. The second-order valence-corrected chi connectivity index (χ2v) is 5.96. The molecule has 3 rings (SSSR count). The average Bonchev–Trinajstić information content (AvgIpc) is 2.55. The van der Waals surface area contributed by atoms with E-state index in [1.54, 1.807) is 6.07 Å². The van der Waals surface area contributed by atoms with Gasteiger partial charge in [-0.25, -0.2) is 0 Å². The van der Waals surface area contributed by atoms with Crippen molar-refractivity contribution in [3.8, 4) is 0 Å². The first-order chi connectivity index (χ1) is 11.4. The molecule has 0 amide bonds. The largest absolute Gasteiger partial charge is 0.416 e. The van der Waals surface area contributed by atoms with Gasteiger partial charge in [-0.1, -0.05) is 42.5 Å². The zero-order valence-corrected chi connectivity index (χ0v) is 13.5. The molecule has 3 aromatic carbocycles. The monoisotopic (exact) mass is 329 g/mol. The Morgan fingerprint density at radius 1 is 0.875 bits per heavy atom. The lowest BCUT2D eigenvalue weighted by molar-refractivity contribution is -0.137. The molecule has 0 aliphatic heterocycles. The number of anilines is 1. The number of hydrogen-bond donors (Lipinski definition) is 1. The summed E-state index contributed by atoms with van der Waals surface area (Å²) < 4.78 is 38.6. The van der Waals surface area contributed by atoms with Gasteiger partial charge >= 0.3 is 6.18 Å². The third kappa shape index (κ3) is 3.23. The number of nitrogens with one attached hydrogen (secondary N) is 1. The Morgan fingerprint density at radius 2 is 1.58 bits per heavy atom. The maximum absolute atomic E-state index is 12.9. The van der Waals surface area contributed by atoms with Crippen molar-refractivity contribution in [3.63, 3.8) is 0 Å². The van der Waals surface area contributed by atoms with Crippen LogP contribution in [0.3, 0.4) is 0 Å². The van der Waals surface area contributed by atoms with E-state index in [0.717, 1.165) is 28.5 Å². The highest BCUT2D eigenvalue weighted by Crippen LogP contribution is 2.33. The van der Waals surface area contributed by atoms with Crippen LogP contribution in [0.4, 0.5) is 18.9 Å². The van der Waals surface area contributed by atoms with Gasteiger partial charge in [-0.2, -0.15) is 13.2 Å². The van der Waals surface area contributed by atoms with Gasteiger partial charge < -0.3 is 5.32 Å². The van der Waals surface area contributed by atoms with Gasteiger partial charge in [0.1, 0.15) is 0 Å². The second-order valence-electron chi connectivity index (χ2n) is 5.96. The maximum Gasteiger partial charge on any atom is 0.416 e. The Morgan fingerprint density at radius 3 is 2.29 bits per heavy atom. The van der Waals surface area contributed by atoms with E-state index >= 15 is 0 Å². The second kappa shape index (κ2) is 6.19. The van der Waals surface area contributed by atoms with E-state index in [2.05, 4.69) is 18.3 Å². The van der Waals surface area contributed by atoms with Crippen molar-refractivity contribution in [3.05, 3.63) is 77.4 Å². The lowest BCUT2D eigenvalue weighted by Gasteiger charge is -2.19. The van der Waals surface area contributed by atoms with Crippen LogP contribution in [-0.4, -0.2) is 0 Å². The molecule has 0 fully saturated rings. The van der Waals surface area contributed by atoms with E-state index in [0.29, 0.717) is 5.69 Å². The Kier molecular flexibility index (Phi) is 4.22. The van der Waals surface area contributed by atoms with Crippen LogP contribution in [0.2, 0.25) is 0 Å². The van der Waals surface area contributed by atoms with Crippen molar-refractivity contribution in [2.75, 3.05) is 5.32 Å². The van der Waals surface area contributed by atoms with Crippen LogP contribution in [0.1, 0.15) is 29.7 Å². The molecule has 0 aliphatic carbocycles. The summed E-state index contributed by atoms with van der Waals surface area (Å²) in [6, 6.07) is 17.3. The highest BCUT2D eigenvalue weighted by Gasteiger charge is 2.30. The molecule has 0 aromatic heterocycles. The molecule has 4 heteroatoms. The molecule has 124 valence electrons. The summed E-state index contributed by atoms with van der Waals surface area (Å²) in [5.74, 6) is 0. The summed E-state index contributed by atoms with van der Waals surface area (Å²) in [6.45, 7) is 4.01. The number of aryl methyl sites for hydroxylation is 1. The number of rotatable bonds is 3. The maximum atomic E-state index is 12.9. The molecule has 0 bridgehead atoms. The van der Waals surface area contributed by atoms with Crippen LogP contribution in [-0.2, 0) is 6.18 Å². The van der Waals surface area contributed by atoms with E-state index in [9.17, 15) is 13.2 Å². The minimum Gasteiger partial charge on any atom is -0.378 e. The normalized spacial score (nSPS) is 13.0. The summed E-state index contributed by atoms with van der Waals surface area (Å²) >= 11 is 0. The Labute approximate surface area is 139 Å². The molecule has 0 unspecified atom stereocenters. The molecule has 1 atom stereocenters. The van der Waals surface area contributed by atoms with Crippen LogP contribution in [0.5, 0.6) is 0 Å². The zero-order chi connectivity index (χ0) is 17.3. The van der Waals surface area contributed by atoms with Crippen molar-refractivity contribution in [1.29, 1.82) is 0 Å². The van der Waals surface area contributed by atoms with Crippen LogP contribution in [0.25, 0.3) is 10.8 Å². The topological polar surface area (TPSA) is 12.0 Å². The fraction of sp³-hybridized carbons (Fsp3) is 0.200. The summed E-state index contributed by atoms with van der Waals surface area (Å²) in [6.07, 6.45) is -4.34. The van der Waals surface area contributed by atoms with Crippen molar-refractivity contribution in [2.24, 2.45) is 0 Å². The van der Waals surface area contributed by atoms with Crippen LogP contribution >= 0.6 is 0 Å². The molecule has 1 nitrogen and oxygen atoms in total. The molecule has 0 radical (unpaired) electrons. The highest BCUT2D eigenvalue weighted by atomic mass is 19.4. The highest BCUT2D eigenvalue weighted by molar-refractivity contribution is 5.89. The van der Waals surface area contributed by atoms with Crippen molar-refractivity contribution in [1.82, 2.24) is 0 Å². The van der Waals surface area contributed by atoms with Crippen molar-refractivity contribution in [2.45, 2.75) is 26.1 Å². The first-order valence-electron chi connectivity index (χ1n) is 7.78. The van der Waals surface area contributed by atoms with E-state index in [-0.39, 0.29) is 6.04 Å².